The number of nitrogens with two attached hydrogens (primary N) is 1. The van der Waals surface area contributed by atoms with Gasteiger partial charge in [-0.15, -0.1) is 0 Å². The van der Waals surface area contributed by atoms with E-state index in [4.69, 9.17) is 5.73 Å². The number of fused-ring (bicyclic) bond motifs is 1. The largest absolute Gasteiger partial charge is 0.330 e. The summed E-state index contributed by atoms with van der Waals surface area (Å²) in [5, 5.41) is 2.61. The van der Waals surface area contributed by atoms with E-state index in [2.05, 4.69) is 30.1 Å². The zero-order valence-corrected chi connectivity index (χ0v) is 9.74. The standard InChI is InChI=1S/C14H18N2/c1-11-9-16-10-13-7-4-6-12(14(11)13)5-2-3-8-15/h4,6-7,9-10H,2-3,5,8,15H2,1H3. The molecule has 84 valence electrons. The van der Waals surface area contributed by atoms with E-state index in [9.17, 15) is 0 Å². The molecule has 0 unspecified atom stereocenters. The molecule has 2 heteroatoms. The molecule has 1 heterocycles. The fraction of sp³-hybridized carbons (Fsp3) is 0.357. The van der Waals surface area contributed by atoms with E-state index in [0.717, 1.165) is 25.8 Å². The Morgan fingerprint density at radius 2 is 2.06 bits per heavy atom. The molecule has 16 heavy (non-hydrogen) atoms. The highest BCUT2D eigenvalue weighted by Gasteiger charge is 2.03. The van der Waals surface area contributed by atoms with Crippen molar-refractivity contribution in [2.45, 2.75) is 26.2 Å². The summed E-state index contributed by atoms with van der Waals surface area (Å²) < 4.78 is 0. The number of benzene rings is 1. The van der Waals surface area contributed by atoms with Crippen LogP contribution in [0.1, 0.15) is 24.0 Å². The first-order valence-corrected chi connectivity index (χ1v) is 5.85. The van der Waals surface area contributed by atoms with E-state index in [1.807, 2.05) is 12.4 Å². The second-order valence-electron chi connectivity index (χ2n) is 4.22. The maximum atomic E-state index is 5.53. The van der Waals surface area contributed by atoms with Gasteiger partial charge in [0.25, 0.3) is 0 Å². The normalized spacial score (nSPS) is 10.9. The Morgan fingerprint density at radius 3 is 2.88 bits per heavy atom. The molecule has 0 saturated carbocycles. The van der Waals surface area contributed by atoms with Crippen molar-refractivity contribution in [2.75, 3.05) is 6.54 Å². The second-order valence-corrected chi connectivity index (χ2v) is 4.22. The molecule has 2 nitrogen and oxygen atoms in total. The molecule has 1 aromatic carbocycles. The Morgan fingerprint density at radius 1 is 1.19 bits per heavy atom. The number of unbranched alkanes of at least 4 members (excludes halogenated alkanes) is 1. The highest BCUT2D eigenvalue weighted by atomic mass is 14.6. The third-order valence-corrected chi connectivity index (χ3v) is 2.96. The monoisotopic (exact) mass is 214 g/mol. The summed E-state index contributed by atoms with van der Waals surface area (Å²) in [7, 11) is 0. The predicted octanol–water partition coefficient (Wildman–Crippen LogP) is 2.82. The average Bonchev–Trinajstić information content (AvgIpc) is 2.30. The number of hydrogen-bond acceptors (Lipinski definition) is 2. The van der Waals surface area contributed by atoms with E-state index in [0.29, 0.717) is 0 Å². The van der Waals surface area contributed by atoms with Gasteiger partial charge >= 0.3 is 0 Å². The third kappa shape index (κ3) is 2.22. The predicted molar refractivity (Wildman–Crippen MR) is 68.5 cm³/mol. The number of pyridine rings is 1. The van der Waals surface area contributed by atoms with Crippen molar-refractivity contribution in [3.8, 4) is 0 Å². The topological polar surface area (TPSA) is 38.9 Å². The molecule has 0 aliphatic heterocycles. The molecule has 0 fully saturated rings. The van der Waals surface area contributed by atoms with Crippen molar-refractivity contribution in [3.05, 3.63) is 41.7 Å². The zero-order chi connectivity index (χ0) is 11.4. The summed E-state index contributed by atoms with van der Waals surface area (Å²) in [5.41, 5.74) is 8.21. The molecule has 0 radical (unpaired) electrons. The summed E-state index contributed by atoms with van der Waals surface area (Å²) in [5.74, 6) is 0. The Labute approximate surface area is 96.5 Å². The molecule has 0 amide bonds. The summed E-state index contributed by atoms with van der Waals surface area (Å²) in [6, 6.07) is 6.45. The molecular weight excluding hydrogens is 196 g/mol. The van der Waals surface area contributed by atoms with Gasteiger partial charge in [0.2, 0.25) is 0 Å². The van der Waals surface area contributed by atoms with Crippen LogP contribution < -0.4 is 5.73 Å². The SMILES string of the molecule is Cc1cncc2cccc(CCCCN)c12. The number of nitrogens with zero attached hydrogens (tertiary/aromatic N) is 1. The van der Waals surface area contributed by atoms with Crippen LogP contribution in [0.15, 0.2) is 30.6 Å². The van der Waals surface area contributed by atoms with Crippen LogP contribution in [0.4, 0.5) is 0 Å². The Balaban J connectivity index is 2.37. The maximum absolute atomic E-state index is 5.53. The van der Waals surface area contributed by atoms with E-state index in [-0.39, 0.29) is 0 Å². The summed E-state index contributed by atoms with van der Waals surface area (Å²) in [6.45, 7) is 2.91. The number of hydrogen-bond donors (Lipinski definition) is 1. The quantitative estimate of drug-likeness (QED) is 0.795. The van der Waals surface area contributed by atoms with Gasteiger partial charge in [-0.1, -0.05) is 18.2 Å². The Bertz CT molecular complexity index is 472. The molecule has 1 aromatic heterocycles. The van der Waals surface area contributed by atoms with Gasteiger partial charge < -0.3 is 5.73 Å². The van der Waals surface area contributed by atoms with Crippen molar-refractivity contribution in [2.24, 2.45) is 5.73 Å². The van der Waals surface area contributed by atoms with Crippen LogP contribution in [0, 0.1) is 6.92 Å². The minimum atomic E-state index is 0.783. The van der Waals surface area contributed by atoms with Gasteiger partial charge in [-0.2, -0.15) is 0 Å². The number of aromatic nitrogens is 1. The molecule has 0 aliphatic carbocycles. The highest BCUT2D eigenvalue weighted by Crippen LogP contribution is 2.22. The van der Waals surface area contributed by atoms with E-state index in [1.165, 1.54) is 21.9 Å². The van der Waals surface area contributed by atoms with Gasteiger partial charge in [-0.05, 0) is 49.2 Å². The lowest BCUT2D eigenvalue weighted by atomic mass is 9.98. The van der Waals surface area contributed by atoms with Crippen LogP contribution in [0.3, 0.4) is 0 Å². The molecule has 0 saturated heterocycles. The number of rotatable bonds is 4. The van der Waals surface area contributed by atoms with Crippen LogP contribution >= 0.6 is 0 Å². The van der Waals surface area contributed by atoms with Gasteiger partial charge in [-0.3, -0.25) is 4.98 Å². The first-order valence-electron chi connectivity index (χ1n) is 5.85. The lowest BCUT2D eigenvalue weighted by Crippen LogP contribution is -1.99. The molecule has 0 bridgehead atoms. The third-order valence-electron chi connectivity index (χ3n) is 2.96. The van der Waals surface area contributed by atoms with Crippen LogP contribution in [-0.4, -0.2) is 11.5 Å². The lowest BCUT2D eigenvalue weighted by molar-refractivity contribution is 0.747. The van der Waals surface area contributed by atoms with Crippen molar-refractivity contribution in [3.63, 3.8) is 0 Å². The van der Waals surface area contributed by atoms with Gasteiger partial charge in [0.1, 0.15) is 0 Å². The van der Waals surface area contributed by atoms with E-state index < -0.39 is 0 Å². The lowest BCUT2D eigenvalue weighted by Gasteiger charge is -2.08. The van der Waals surface area contributed by atoms with Crippen LogP contribution in [0.25, 0.3) is 10.8 Å². The molecule has 0 atom stereocenters. The number of aryl methyl sites for hydroxylation is 2. The highest BCUT2D eigenvalue weighted by molar-refractivity contribution is 5.87. The van der Waals surface area contributed by atoms with E-state index in [1.54, 1.807) is 0 Å². The van der Waals surface area contributed by atoms with Crippen molar-refractivity contribution in [1.82, 2.24) is 4.98 Å². The first kappa shape index (κ1) is 11.1. The Hall–Kier alpha value is -1.41. The Kier molecular flexibility index (Phi) is 3.52. The van der Waals surface area contributed by atoms with Gasteiger partial charge in [0.15, 0.2) is 0 Å². The van der Waals surface area contributed by atoms with E-state index >= 15 is 0 Å². The molecular formula is C14H18N2. The summed E-state index contributed by atoms with van der Waals surface area (Å²) in [6.07, 6.45) is 7.25. The summed E-state index contributed by atoms with van der Waals surface area (Å²) >= 11 is 0. The molecule has 0 aliphatic rings. The van der Waals surface area contributed by atoms with Crippen LogP contribution in [-0.2, 0) is 6.42 Å². The van der Waals surface area contributed by atoms with Gasteiger partial charge in [0, 0.05) is 17.8 Å². The minimum absolute atomic E-state index is 0.783. The zero-order valence-electron chi connectivity index (χ0n) is 9.74. The van der Waals surface area contributed by atoms with Gasteiger partial charge in [-0.25, -0.2) is 0 Å². The molecule has 2 N–H and O–H groups in total. The van der Waals surface area contributed by atoms with Crippen LogP contribution in [0.2, 0.25) is 0 Å². The maximum Gasteiger partial charge on any atom is 0.0346 e. The average molecular weight is 214 g/mol. The van der Waals surface area contributed by atoms with Crippen LogP contribution in [0.5, 0.6) is 0 Å². The smallest absolute Gasteiger partial charge is 0.0346 e. The fourth-order valence-electron chi connectivity index (χ4n) is 2.17. The van der Waals surface area contributed by atoms with Gasteiger partial charge in [0.05, 0.1) is 0 Å². The molecule has 2 aromatic rings. The fourth-order valence-corrected chi connectivity index (χ4v) is 2.17. The molecule has 0 spiro atoms. The molecule has 2 rings (SSSR count). The second kappa shape index (κ2) is 5.08. The van der Waals surface area contributed by atoms with Crippen molar-refractivity contribution >= 4 is 10.8 Å². The van der Waals surface area contributed by atoms with Crippen molar-refractivity contribution < 1.29 is 0 Å². The minimum Gasteiger partial charge on any atom is -0.330 e. The first-order chi connectivity index (χ1) is 7.83. The van der Waals surface area contributed by atoms with Crippen molar-refractivity contribution in [1.29, 1.82) is 0 Å². The summed E-state index contributed by atoms with van der Waals surface area (Å²) in [4.78, 5) is 4.23.